The van der Waals surface area contributed by atoms with Crippen LogP contribution in [0.25, 0.3) is 0 Å². The molecular formula is C16H18FN5O3. The Labute approximate surface area is 143 Å². The highest BCUT2D eigenvalue weighted by Crippen LogP contribution is 2.26. The molecule has 1 fully saturated rings. The molecule has 25 heavy (non-hydrogen) atoms. The van der Waals surface area contributed by atoms with Crippen LogP contribution in [0.2, 0.25) is 0 Å². The van der Waals surface area contributed by atoms with Crippen molar-refractivity contribution in [3.8, 4) is 0 Å². The Morgan fingerprint density at radius 3 is 2.92 bits per heavy atom. The highest BCUT2D eigenvalue weighted by atomic mass is 19.1. The second-order valence-corrected chi connectivity index (χ2v) is 5.95. The van der Waals surface area contributed by atoms with Gasteiger partial charge in [0.15, 0.2) is 5.82 Å². The summed E-state index contributed by atoms with van der Waals surface area (Å²) < 4.78 is 18.7. The molecule has 1 aromatic carbocycles. The Kier molecular flexibility index (Phi) is 4.64. The summed E-state index contributed by atoms with van der Waals surface area (Å²) in [6.45, 7) is 2.77. The number of hydrogen-bond donors (Lipinski definition) is 2. The van der Waals surface area contributed by atoms with Crippen LogP contribution in [-0.4, -0.2) is 40.1 Å². The van der Waals surface area contributed by atoms with E-state index in [0.29, 0.717) is 30.5 Å². The van der Waals surface area contributed by atoms with Gasteiger partial charge in [-0.25, -0.2) is 9.18 Å². The molecule has 2 aromatic rings. The maximum absolute atomic E-state index is 13.5. The van der Waals surface area contributed by atoms with E-state index >= 15 is 0 Å². The zero-order valence-corrected chi connectivity index (χ0v) is 13.7. The van der Waals surface area contributed by atoms with Crippen LogP contribution in [0.3, 0.4) is 0 Å². The summed E-state index contributed by atoms with van der Waals surface area (Å²) in [6, 6.07) is 3.35. The van der Waals surface area contributed by atoms with Crippen LogP contribution in [0.15, 0.2) is 22.7 Å². The van der Waals surface area contributed by atoms with Gasteiger partial charge >= 0.3 is 6.03 Å². The van der Waals surface area contributed by atoms with Crippen LogP contribution in [0.4, 0.5) is 14.9 Å². The number of aryl methyl sites for hydroxylation is 1. The zero-order chi connectivity index (χ0) is 18.0. The molecule has 0 aliphatic carbocycles. The summed E-state index contributed by atoms with van der Waals surface area (Å²) in [4.78, 5) is 29.5. The summed E-state index contributed by atoms with van der Waals surface area (Å²) in [5.74, 6) is -0.557. The molecule has 1 atom stereocenters. The number of primary amides is 1. The molecule has 3 amide bonds. The highest BCUT2D eigenvalue weighted by Gasteiger charge is 2.28. The number of urea groups is 1. The molecule has 1 aliphatic rings. The Bertz CT molecular complexity index is 807. The van der Waals surface area contributed by atoms with Gasteiger partial charge in [0, 0.05) is 18.8 Å². The second kappa shape index (κ2) is 6.88. The maximum atomic E-state index is 13.5. The predicted molar refractivity (Wildman–Crippen MR) is 86.5 cm³/mol. The third kappa shape index (κ3) is 3.76. The number of benzene rings is 1. The van der Waals surface area contributed by atoms with E-state index in [1.807, 2.05) is 0 Å². The van der Waals surface area contributed by atoms with Crippen molar-refractivity contribution in [1.82, 2.24) is 15.0 Å². The first-order valence-electron chi connectivity index (χ1n) is 7.89. The molecule has 9 heteroatoms. The monoisotopic (exact) mass is 347 g/mol. The second-order valence-electron chi connectivity index (χ2n) is 5.95. The van der Waals surface area contributed by atoms with Crippen molar-refractivity contribution in [1.29, 1.82) is 0 Å². The number of hydrogen-bond acceptors (Lipinski definition) is 5. The Hall–Kier alpha value is -2.97. The van der Waals surface area contributed by atoms with Crippen LogP contribution in [-0.2, 0) is 0 Å². The topological polar surface area (TPSA) is 114 Å². The number of nitrogens with zero attached hydrogens (tertiary/aromatic N) is 3. The number of carbonyl (C=O) groups excluding carboxylic acids is 2. The largest absolute Gasteiger partial charge is 0.366 e. The minimum absolute atomic E-state index is 0.0184. The maximum Gasteiger partial charge on any atom is 0.321 e. The van der Waals surface area contributed by atoms with Gasteiger partial charge in [0.05, 0.1) is 11.5 Å². The molecule has 8 nitrogen and oxygen atoms in total. The first kappa shape index (κ1) is 16.9. The number of anilines is 1. The Morgan fingerprint density at radius 2 is 2.24 bits per heavy atom. The molecule has 0 spiro atoms. The predicted octanol–water partition coefficient (Wildman–Crippen LogP) is 2.03. The molecule has 1 saturated heterocycles. The third-order valence-electron chi connectivity index (χ3n) is 4.08. The molecule has 0 bridgehead atoms. The van der Waals surface area contributed by atoms with E-state index < -0.39 is 11.7 Å². The normalized spacial score (nSPS) is 17.4. The number of amides is 3. The van der Waals surface area contributed by atoms with Gasteiger partial charge in [0.2, 0.25) is 5.89 Å². The van der Waals surface area contributed by atoms with E-state index in [-0.39, 0.29) is 17.5 Å². The van der Waals surface area contributed by atoms with Crippen LogP contribution in [0, 0.1) is 12.7 Å². The fourth-order valence-electron chi connectivity index (χ4n) is 2.84. The molecule has 132 valence electrons. The lowest BCUT2D eigenvalue weighted by Gasteiger charge is -2.31. The highest BCUT2D eigenvalue weighted by molar-refractivity contribution is 5.96. The summed E-state index contributed by atoms with van der Waals surface area (Å²) in [6.07, 6.45) is 1.66. The standard InChI is InChI=1S/C16H18FN5O3/c1-9-19-15(25-21-9)10-3-2-6-22(8-10)16(24)20-11-4-5-13(17)12(7-11)14(18)23/h4-5,7,10H,2-3,6,8H2,1H3,(H2,18,23)(H,20,24)/t10-/m1/s1. The van der Waals surface area contributed by atoms with E-state index in [4.69, 9.17) is 10.3 Å². The average molecular weight is 347 g/mol. The summed E-state index contributed by atoms with van der Waals surface area (Å²) >= 11 is 0. The lowest BCUT2D eigenvalue weighted by atomic mass is 9.98. The first-order chi connectivity index (χ1) is 11.9. The molecule has 1 aliphatic heterocycles. The van der Waals surface area contributed by atoms with Crippen molar-refractivity contribution in [2.75, 3.05) is 18.4 Å². The van der Waals surface area contributed by atoms with E-state index in [1.54, 1.807) is 11.8 Å². The van der Waals surface area contributed by atoms with Gasteiger partial charge in [-0.15, -0.1) is 0 Å². The SMILES string of the molecule is Cc1noc([C@@H]2CCCN(C(=O)Nc3ccc(F)c(C(N)=O)c3)C2)n1. The van der Waals surface area contributed by atoms with Gasteiger partial charge in [0.25, 0.3) is 5.91 Å². The minimum atomic E-state index is -0.890. The fourth-order valence-corrected chi connectivity index (χ4v) is 2.84. The van der Waals surface area contributed by atoms with E-state index in [0.717, 1.165) is 18.9 Å². The van der Waals surface area contributed by atoms with Crippen LogP contribution >= 0.6 is 0 Å². The number of aromatic nitrogens is 2. The molecule has 0 radical (unpaired) electrons. The van der Waals surface area contributed by atoms with Crippen molar-refractivity contribution in [3.05, 3.63) is 41.3 Å². The summed E-state index contributed by atoms with van der Waals surface area (Å²) in [7, 11) is 0. The van der Waals surface area contributed by atoms with Crippen LogP contribution in [0.1, 0.15) is 40.8 Å². The molecule has 2 heterocycles. The van der Waals surface area contributed by atoms with Gasteiger partial charge in [-0.3, -0.25) is 4.79 Å². The number of rotatable bonds is 3. The lowest BCUT2D eigenvalue weighted by molar-refractivity contribution is 0.0996. The number of nitrogens with two attached hydrogens (primary N) is 1. The molecular weight excluding hydrogens is 329 g/mol. The van der Waals surface area contributed by atoms with Crippen molar-refractivity contribution in [3.63, 3.8) is 0 Å². The van der Waals surface area contributed by atoms with Gasteiger partial charge in [-0.1, -0.05) is 5.16 Å². The summed E-state index contributed by atoms with van der Waals surface area (Å²) in [5, 5.41) is 6.44. The lowest BCUT2D eigenvalue weighted by Crippen LogP contribution is -2.41. The van der Waals surface area contributed by atoms with Crippen LogP contribution < -0.4 is 11.1 Å². The zero-order valence-electron chi connectivity index (χ0n) is 13.7. The molecule has 0 unspecified atom stereocenters. The minimum Gasteiger partial charge on any atom is -0.366 e. The molecule has 3 N–H and O–H groups in total. The summed E-state index contributed by atoms with van der Waals surface area (Å²) in [5.41, 5.74) is 5.15. The number of likely N-dealkylation sites (tertiary alicyclic amines) is 1. The Balaban J connectivity index is 1.68. The molecule has 3 rings (SSSR count). The number of carbonyl (C=O) groups is 2. The van der Waals surface area contributed by atoms with Gasteiger partial charge in [-0.05, 0) is 38.0 Å². The van der Waals surface area contributed by atoms with Crippen LogP contribution in [0.5, 0.6) is 0 Å². The number of halogens is 1. The van der Waals surface area contributed by atoms with Crippen molar-refractivity contribution >= 4 is 17.6 Å². The van der Waals surface area contributed by atoms with Gasteiger partial charge in [0.1, 0.15) is 5.82 Å². The first-order valence-corrected chi connectivity index (χ1v) is 7.89. The number of piperidine rings is 1. The third-order valence-corrected chi connectivity index (χ3v) is 4.08. The fraction of sp³-hybridized carbons (Fsp3) is 0.375. The Morgan fingerprint density at radius 1 is 1.44 bits per heavy atom. The number of nitrogens with one attached hydrogen (secondary N) is 1. The average Bonchev–Trinajstić information content (AvgIpc) is 3.03. The van der Waals surface area contributed by atoms with Gasteiger partial charge in [-0.2, -0.15) is 4.98 Å². The van der Waals surface area contributed by atoms with Crippen molar-refractivity contribution < 1.29 is 18.5 Å². The van der Waals surface area contributed by atoms with E-state index in [1.165, 1.54) is 12.1 Å². The smallest absolute Gasteiger partial charge is 0.321 e. The quantitative estimate of drug-likeness (QED) is 0.881. The molecule has 0 saturated carbocycles. The van der Waals surface area contributed by atoms with E-state index in [9.17, 15) is 14.0 Å². The molecule has 1 aromatic heterocycles. The van der Waals surface area contributed by atoms with E-state index in [2.05, 4.69) is 15.5 Å². The van der Waals surface area contributed by atoms with Crippen molar-refractivity contribution in [2.45, 2.75) is 25.7 Å². The van der Waals surface area contributed by atoms with Crippen molar-refractivity contribution in [2.24, 2.45) is 5.73 Å². The van der Waals surface area contributed by atoms with Gasteiger partial charge < -0.3 is 20.5 Å².